The number of nitrogens with zero attached hydrogens (tertiary/aromatic N) is 1. The number of fused-ring (bicyclic) bond motifs is 1. The number of halogens is 3. The van der Waals surface area contributed by atoms with Crippen molar-refractivity contribution in [3.05, 3.63) is 0 Å². The molecule has 0 radical (unpaired) electrons. The van der Waals surface area contributed by atoms with Crippen LogP contribution in [0.25, 0.3) is 0 Å². The Kier molecular flexibility index (Phi) is 5.31. The first kappa shape index (κ1) is 18.7. The summed E-state index contributed by atoms with van der Waals surface area (Å²) in [6.07, 6.45) is 6.01. The van der Waals surface area contributed by atoms with Gasteiger partial charge in [-0.05, 0) is 44.2 Å². The molecule has 0 aromatic heterocycles. The first-order valence-corrected chi connectivity index (χ1v) is 11.5. The standard InChI is InChI=1S/C17H27Br3N2O/c1-15(2)16(13(19)20)6-7-17(15,12(16)18)14(23)21-8-11-22-9-4-3-5-10-22/h12-13H,3-11H2,1-2H3,(H,21,23). The molecule has 4 fully saturated rings. The largest absolute Gasteiger partial charge is 0.354 e. The molecule has 6 heteroatoms. The number of alkyl halides is 3. The molecular weight excluding hydrogens is 488 g/mol. The zero-order valence-electron chi connectivity index (χ0n) is 14.0. The second-order valence-corrected chi connectivity index (χ2v) is 11.9. The van der Waals surface area contributed by atoms with Gasteiger partial charge in [0.25, 0.3) is 0 Å². The van der Waals surface area contributed by atoms with Crippen molar-refractivity contribution in [3.8, 4) is 0 Å². The maximum Gasteiger partial charge on any atom is 0.227 e. The normalized spacial score (nSPS) is 39.3. The van der Waals surface area contributed by atoms with E-state index < -0.39 is 0 Å². The van der Waals surface area contributed by atoms with E-state index in [1.165, 1.54) is 32.4 Å². The fourth-order valence-electron chi connectivity index (χ4n) is 5.37. The molecule has 3 unspecified atom stereocenters. The van der Waals surface area contributed by atoms with E-state index >= 15 is 0 Å². The van der Waals surface area contributed by atoms with Gasteiger partial charge in [-0.1, -0.05) is 68.1 Å². The average Bonchev–Trinajstić information content (AvgIpc) is 2.98. The Balaban J connectivity index is 1.61. The summed E-state index contributed by atoms with van der Waals surface area (Å²) >= 11 is 11.4. The van der Waals surface area contributed by atoms with Gasteiger partial charge in [-0.2, -0.15) is 0 Å². The van der Waals surface area contributed by atoms with Crippen molar-refractivity contribution < 1.29 is 4.79 Å². The molecule has 132 valence electrons. The fourth-order valence-corrected chi connectivity index (χ4v) is 10.3. The van der Waals surface area contributed by atoms with Gasteiger partial charge in [0, 0.05) is 23.3 Å². The monoisotopic (exact) mass is 512 g/mol. The van der Waals surface area contributed by atoms with Gasteiger partial charge in [-0.15, -0.1) is 0 Å². The summed E-state index contributed by atoms with van der Waals surface area (Å²) in [5.74, 6) is 0.246. The quantitative estimate of drug-likeness (QED) is 0.556. The number of piperidine rings is 1. The zero-order chi connectivity index (χ0) is 16.9. The van der Waals surface area contributed by atoms with E-state index in [2.05, 4.69) is 71.9 Å². The SMILES string of the molecule is CC1(C)C2(C(=O)NCCN3CCCCC3)CCC1(C(Br)Br)C2Br. The van der Waals surface area contributed by atoms with E-state index in [9.17, 15) is 4.79 Å². The van der Waals surface area contributed by atoms with Crippen LogP contribution in [-0.2, 0) is 4.79 Å². The second-order valence-electron chi connectivity index (χ2n) is 7.96. The van der Waals surface area contributed by atoms with Gasteiger partial charge in [-0.25, -0.2) is 0 Å². The summed E-state index contributed by atoms with van der Waals surface area (Å²) in [4.78, 5) is 15.8. The number of likely N-dealkylation sites (tertiary alicyclic amines) is 1. The molecule has 2 bridgehead atoms. The van der Waals surface area contributed by atoms with Crippen LogP contribution >= 0.6 is 47.8 Å². The van der Waals surface area contributed by atoms with Crippen molar-refractivity contribution >= 4 is 53.7 Å². The summed E-state index contributed by atoms with van der Waals surface area (Å²) in [7, 11) is 0. The van der Waals surface area contributed by atoms with Crippen molar-refractivity contribution in [1.29, 1.82) is 0 Å². The summed E-state index contributed by atoms with van der Waals surface area (Å²) in [6, 6.07) is 0. The molecule has 4 aliphatic rings. The van der Waals surface area contributed by atoms with Crippen molar-refractivity contribution in [2.75, 3.05) is 26.2 Å². The van der Waals surface area contributed by atoms with Gasteiger partial charge in [0.05, 0.1) is 9.15 Å². The van der Waals surface area contributed by atoms with Crippen LogP contribution in [0.15, 0.2) is 0 Å². The minimum Gasteiger partial charge on any atom is -0.354 e. The number of carbonyl (C=O) groups excluding carboxylic acids is 1. The van der Waals surface area contributed by atoms with E-state index in [0.29, 0.717) is 0 Å². The van der Waals surface area contributed by atoms with Crippen LogP contribution in [0.5, 0.6) is 0 Å². The van der Waals surface area contributed by atoms with Crippen LogP contribution in [-0.4, -0.2) is 45.5 Å². The number of amides is 1. The maximum atomic E-state index is 13.0. The van der Waals surface area contributed by atoms with Crippen molar-refractivity contribution in [1.82, 2.24) is 10.2 Å². The molecule has 1 saturated heterocycles. The van der Waals surface area contributed by atoms with Gasteiger partial charge in [0.2, 0.25) is 5.91 Å². The third-order valence-electron chi connectivity index (χ3n) is 7.05. The number of rotatable bonds is 5. The van der Waals surface area contributed by atoms with Crippen molar-refractivity contribution in [2.24, 2.45) is 16.2 Å². The van der Waals surface area contributed by atoms with Crippen LogP contribution in [0, 0.1) is 16.2 Å². The number of carbonyl (C=O) groups is 1. The van der Waals surface area contributed by atoms with E-state index in [1.54, 1.807) is 0 Å². The summed E-state index contributed by atoms with van der Waals surface area (Å²) in [5, 5.41) is 3.25. The highest BCUT2D eigenvalue weighted by atomic mass is 79.9. The average molecular weight is 515 g/mol. The summed E-state index contributed by atoms with van der Waals surface area (Å²) < 4.78 is 0.235. The Morgan fingerprint density at radius 3 is 2.39 bits per heavy atom. The van der Waals surface area contributed by atoms with Crippen molar-refractivity contribution in [2.45, 2.75) is 54.5 Å². The highest BCUT2D eigenvalue weighted by molar-refractivity contribution is 9.24. The molecule has 0 spiro atoms. The molecule has 1 N–H and O–H groups in total. The molecule has 3 atom stereocenters. The molecular formula is C17H27Br3N2O. The summed E-state index contributed by atoms with van der Waals surface area (Å²) in [5.41, 5.74) is -0.174. The van der Waals surface area contributed by atoms with Crippen LogP contribution in [0.1, 0.15) is 46.0 Å². The highest BCUT2D eigenvalue weighted by Gasteiger charge is 2.83. The third kappa shape index (κ3) is 2.44. The van der Waals surface area contributed by atoms with Crippen LogP contribution in [0.3, 0.4) is 0 Å². The Labute approximate surface area is 165 Å². The lowest BCUT2D eigenvalue weighted by Gasteiger charge is -2.66. The smallest absolute Gasteiger partial charge is 0.227 e. The van der Waals surface area contributed by atoms with Crippen LogP contribution < -0.4 is 5.32 Å². The van der Waals surface area contributed by atoms with Crippen LogP contribution in [0.4, 0.5) is 0 Å². The lowest BCUT2D eigenvalue weighted by molar-refractivity contribution is -0.161. The molecule has 3 aliphatic carbocycles. The molecule has 4 rings (SSSR count). The lowest BCUT2D eigenvalue weighted by atomic mass is 9.43. The number of hydrogen-bond acceptors (Lipinski definition) is 2. The molecule has 0 aromatic carbocycles. The fraction of sp³-hybridized carbons (Fsp3) is 0.941. The first-order chi connectivity index (χ1) is 10.8. The van der Waals surface area contributed by atoms with Gasteiger partial charge < -0.3 is 10.2 Å². The number of nitrogens with one attached hydrogen (secondary N) is 1. The third-order valence-corrected chi connectivity index (χ3v) is 10.3. The molecule has 3 nitrogen and oxygen atoms in total. The second kappa shape index (κ2) is 6.55. The Bertz CT molecular complexity index is 478. The maximum absolute atomic E-state index is 13.0. The molecule has 0 aromatic rings. The minimum atomic E-state index is -0.269. The van der Waals surface area contributed by atoms with Gasteiger partial charge in [-0.3, -0.25) is 4.79 Å². The molecule has 1 aliphatic heterocycles. The molecule has 3 saturated carbocycles. The topological polar surface area (TPSA) is 32.3 Å². The van der Waals surface area contributed by atoms with E-state index in [4.69, 9.17) is 0 Å². The van der Waals surface area contributed by atoms with Gasteiger partial charge in [0.1, 0.15) is 0 Å². The first-order valence-electron chi connectivity index (χ1n) is 8.73. The predicted molar refractivity (Wildman–Crippen MR) is 106 cm³/mol. The van der Waals surface area contributed by atoms with Gasteiger partial charge in [0.15, 0.2) is 0 Å². The highest BCUT2D eigenvalue weighted by Crippen LogP contribution is 2.82. The Morgan fingerprint density at radius 2 is 1.87 bits per heavy atom. The molecule has 1 heterocycles. The van der Waals surface area contributed by atoms with E-state index in [-0.39, 0.29) is 30.7 Å². The number of hydrogen-bond donors (Lipinski definition) is 1. The van der Waals surface area contributed by atoms with Crippen molar-refractivity contribution in [3.63, 3.8) is 0 Å². The van der Waals surface area contributed by atoms with E-state index in [1.807, 2.05) is 0 Å². The summed E-state index contributed by atoms with van der Waals surface area (Å²) in [6.45, 7) is 8.65. The minimum absolute atomic E-state index is 0.0129. The van der Waals surface area contributed by atoms with Gasteiger partial charge >= 0.3 is 0 Å². The lowest BCUT2D eigenvalue weighted by Crippen LogP contribution is -2.72. The van der Waals surface area contributed by atoms with E-state index in [0.717, 1.165) is 25.9 Å². The molecule has 1 amide bonds. The zero-order valence-corrected chi connectivity index (χ0v) is 18.8. The molecule has 23 heavy (non-hydrogen) atoms. The Hall–Kier alpha value is 0.870. The predicted octanol–water partition coefficient (Wildman–Crippen LogP) is 4.27. The van der Waals surface area contributed by atoms with Crippen LogP contribution in [0.2, 0.25) is 0 Å². The Morgan fingerprint density at radius 1 is 1.22 bits per heavy atom.